The average Bonchev–Trinajstić information content (AvgIpc) is 3.06. The highest BCUT2D eigenvalue weighted by Gasteiger charge is 2.36. The Labute approximate surface area is 144 Å². The molecule has 1 aliphatic heterocycles. The number of carbonyl (C=O) groups excluding carboxylic acids is 2. The maximum absolute atomic E-state index is 13.1. The van der Waals surface area contributed by atoms with Crippen LogP contribution in [0.15, 0.2) is 30.5 Å². The van der Waals surface area contributed by atoms with Crippen molar-refractivity contribution in [2.24, 2.45) is 0 Å². The Morgan fingerprint density at radius 3 is 2.60 bits per heavy atom. The number of nitrogens with one attached hydrogen (secondary N) is 2. The van der Waals surface area contributed by atoms with Crippen molar-refractivity contribution in [2.45, 2.75) is 13.0 Å². The largest absolute Gasteiger partial charge is 0.367 e. The van der Waals surface area contributed by atoms with Crippen LogP contribution >= 0.6 is 0 Å². The lowest BCUT2D eigenvalue weighted by Gasteiger charge is -2.41. The molecule has 0 saturated carbocycles. The Morgan fingerprint density at radius 2 is 2.00 bits per heavy atom. The van der Waals surface area contributed by atoms with Gasteiger partial charge in [-0.1, -0.05) is 0 Å². The zero-order valence-corrected chi connectivity index (χ0v) is 14.1. The number of rotatable bonds is 3. The summed E-state index contributed by atoms with van der Waals surface area (Å²) in [4.78, 5) is 28.7. The molecule has 2 amide bonds. The van der Waals surface area contributed by atoms with E-state index in [1.165, 1.54) is 18.3 Å². The van der Waals surface area contributed by atoms with E-state index in [-0.39, 0.29) is 17.6 Å². The number of aryl methyl sites for hydroxylation is 1. The quantitative estimate of drug-likeness (QED) is 0.867. The van der Waals surface area contributed by atoms with Gasteiger partial charge in [-0.2, -0.15) is 5.10 Å². The number of anilines is 1. The van der Waals surface area contributed by atoms with Crippen LogP contribution in [0.5, 0.6) is 0 Å². The maximum atomic E-state index is 13.1. The molecule has 1 atom stereocenters. The average molecular weight is 345 g/mol. The van der Waals surface area contributed by atoms with Gasteiger partial charge in [-0.05, 0) is 31.2 Å². The number of benzene rings is 1. The summed E-state index contributed by atoms with van der Waals surface area (Å²) in [6.45, 7) is 3.05. The molecule has 1 aromatic carbocycles. The molecule has 0 spiro atoms. The van der Waals surface area contributed by atoms with Gasteiger partial charge in [0.05, 0.1) is 11.8 Å². The summed E-state index contributed by atoms with van der Waals surface area (Å²) in [5.41, 5.74) is 1.95. The molecule has 7 nitrogen and oxygen atoms in total. The van der Waals surface area contributed by atoms with Crippen LogP contribution in [-0.2, 0) is 4.79 Å². The predicted octanol–water partition coefficient (Wildman–Crippen LogP) is 0.934. The number of aromatic nitrogens is 2. The second-order valence-corrected chi connectivity index (χ2v) is 5.96. The Balaban J connectivity index is 1.84. The van der Waals surface area contributed by atoms with Crippen molar-refractivity contribution in [1.29, 1.82) is 0 Å². The van der Waals surface area contributed by atoms with E-state index in [0.29, 0.717) is 30.9 Å². The molecule has 0 radical (unpaired) electrons. The first-order chi connectivity index (χ1) is 12.0. The highest BCUT2D eigenvalue weighted by molar-refractivity contribution is 5.98. The summed E-state index contributed by atoms with van der Waals surface area (Å²) in [5.74, 6) is -0.768. The number of hydrogen-bond donors (Lipinski definition) is 2. The zero-order chi connectivity index (χ0) is 18.0. The standard InChI is InChI=1S/C17H20FN5O2/c1-11-14(9-20-21-11)17(25)23-8-7-22(10-15(23)16(24)19-2)13-5-3-12(18)4-6-13/h3-6,9,15H,7-8,10H2,1-2H3,(H,19,24)(H,20,21). The van der Waals surface area contributed by atoms with Gasteiger partial charge in [0.2, 0.25) is 5.91 Å². The molecule has 1 aromatic heterocycles. The Kier molecular flexibility index (Phi) is 4.69. The number of amides is 2. The van der Waals surface area contributed by atoms with E-state index in [1.54, 1.807) is 31.0 Å². The highest BCUT2D eigenvalue weighted by Crippen LogP contribution is 2.21. The van der Waals surface area contributed by atoms with Gasteiger partial charge in [-0.25, -0.2) is 4.39 Å². The summed E-state index contributed by atoms with van der Waals surface area (Å²) >= 11 is 0. The summed E-state index contributed by atoms with van der Waals surface area (Å²) in [6.07, 6.45) is 1.48. The van der Waals surface area contributed by atoms with Crippen LogP contribution < -0.4 is 10.2 Å². The van der Waals surface area contributed by atoms with Crippen LogP contribution in [0.4, 0.5) is 10.1 Å². The van der Waals surface area contributed by atoms with Crippen molar-refractivity contribution in [3.63, 3.8) is 0 Å². The van der Waals surface area contributed by atoms with Crippen molar-refractivity contribution in [3.05, 3.63) is 47.5 Å². The van der Waals surface area contributed by atoms with Crippen molar-refractivity contribution in [2.75, 3.05) is 31.6 Å². The van der Waals surface area contributed by atoms with Gasteiger partial charge >= 0.3 is 0 Å². The molecule has 0 bridgehead atoms. The van der Waals surface area contributed by atoms with Crippen molar-refractivity contribution < 1.29 is 14.0 Å². The van der Waals surface area contributed by atoms with Gasteiger partial charge in [0.15, 0.2) is 0 Å². The topological polar surface area (TPSA) is 81.3 Å². The second-order valence-electron chi connectivity index (χ2n) is 5.96. The molecule has 2 N–H and O–H groups in total. The fraction of sp³-hybridized carbons (Fsp3) is 0.353. The number of likely N-dealkylation sites (N-methyl/N-ethyl adjacent to an activating group) is 1. The van der Waals surface area contributed by atoms with Crippen molar-refractivity contribution in [3.8, 4) is 0 Å². The SMILES string of the molecule is CNC(=O)C1CN(c2ccc(F)cc2)CCN1C(=O)c1cn[nH]c1C. The van der Waals surface area contributed by atoms with E-state index in [1.807, 2.05) is 4.90 Å². The molecule has 0 aliphatic carbocycles. The van der Waals surface area contributed by atoms with E-state index >= 15 is 0 Å². The van der Waals surface area contributed by atoms with Crippen molar-refractivity contribution >= 4 is 17.5 Å². The van der Waals surface area contributed by atoms with Crippen LogP contribution in [0.3, 0.4) is 0 Å². The van der Waals surface area contributed by atoms with Crippen LogP contribution in [0.25, 0.3) is 0 Å². The van der Waals surface area contributed by atoms with Crippen LogP contribution in [0, 0.1) is 12.7 Å². The van der Waals surface area contributed by atoms with Crippen LogP contribution in [0.1, 0.15) is 16.1 Å². The first-order valence-corrected chi connectivity index (χ1v) is 8.04. The summed E-state index contributed by atoms with van der Waals surface area (Å²) in [6, 6.07) is 5.49. The van der Waals surface area contributed by atoms with Crippen molar-refractivity contribution in [1.82, 2.24) is 20.4 Å². The van der Waals surface area contributed by atoms with E-state index in [0.717, 1.165) is 5.69 Å². The smallest absolute Gasteiger partial charge is 0.258 e. The Hall–Kier alpha value is -2.90. The molecule has 25 heavy (non-hydrogen) atoms. The molecule has 2 heterocycles. The molecule has 8 heteroatoms. The fourth-order valence-corrected chi connectivity index (χ4v) is 3.02. The minimum atomic E-state index is -0.634. The van der Waals surface area contributed by atoms with Gasteiger partial charge in [0.1, 0.15) is 11.9 Å². The van der Waals surface area contributed by atoms with Gasteiger partial charge < -0.3 is 15.1 Å². The zero-order valence-electron chi connectivity index (χ0n) is 14.1. The number of nitrogens with zero attached hydrogens (tertiary/aromatic N) is 3. The molecular formula is C17H20FN5O2. The first-order valence-electron chi connectivity index (χ1n) is 8.04. The Morgan fingerprint density at radius 1 is 1.28 bits per heavy atom. The summed E-state index contributed by atoms with van der Waals surface area (Å²) in [7, 11) is 1.55. The first kappa shape index (κ1) is 16.9. The number of aromatic amines is 1. The van der Waals surface area contributed by atoms with Gasteiger partial charge in [-0.15, -0.1) is 0 Å². The molecular weight excluding hydrogens is 325 g/mol. The second kappa shape index (κ2) is 6.92. The van der Waals surface area contributed by atoms with Crippen LogP contribution in [-0.4, -0.2) is 59.6 Å². The third-order valence-electron chi connectivity index (χ3n) is 4.44. The normalized spacial score (nSPS) is 17.5. The van der Waals surface area contributed by atoms with E-state index in [9.17, 15) is 14.0 Å². The molecule has 1 fully saturated rings. The highest BCUT2D eigenvalue weighted by atomic mass is 19.1. The lowest BCUT2D eigenvalue weighted by molar-refractivity contribution is -0.125. The minimum absolute atomic E-state index is 0.224. The van der Waals surface area contributed by atoms with E-state index < -0.39 is 6.04 Å². The summed E-state index contributed by atoms with van der Waals surface area (Å²) < 4.78 is 13.1. The van der Waals surface area contributed by atoms with E-state index in [2.05, 4.69) is 15.5 Å². The molecule has 132 valence electrons. The van der Waals surface area contributed by atoms with Gasteiger partial charge in [-0.3, -0.25) is 14.7 Å². The lowest BCUT2D eigenvalue weighted by Crippen LogP contribution is -2.60. The number of H-pyrrole nitrogens is 1. The molecule has 2 aromatic rings. The molecule has 1 saturated heterocycles. The number of hydrogen-bond acceptors (Lipinski definition) is 4. The maximum Gasteiger partial charge on any atom is 0.258 e. The predicted molar refractivity (Wildman–Crippen MR) is 90.8 cm³/mol. The summed E-state index contributed by atoms with van der Waals surface area (Å²) in [5, 5.41) is 9.24. The minimum Gasteiger partial charge on any atom is -0.367 e. The number of halogens is 1. The van der Waals surface area contributed by atoms with Gasteiger partial charge in [0, 0.05) is 38.1 Å². The Bertz CT molecular complexity index is 774. The molecule has 1 unspecified atom stereocenters. The monoisotopic (exact) mass is 345 g/mol. The van der Waals surface area contributed by atoms with E-state index in [4.69, 9.17) is 0 Å². The third-order valence-corrected chi connectivity index (χ3v) is 4.44. The fourth-order valence-electron chi connectivity index (χ4n) is 3.02. The third kappa shape index (κ3) is 3.33. The molecule has 3 rings (SSSR count). The van der Waals surface area contributed by atoms with Gasteiger partial charge in [0.25, 0.3) is 5.91 Å². The number of piperazine rings is 1. The lowest BCUT2D eigenvalue weighted by atomic mass is 10.1. The molecule has 1 aliphatic rings. The van der Waals surface area contributed by atoms with Crippen LogP contribution in [0.2, 0.25) is 0 Å². The number of carbonyl (C=O) groups is 2.